The molecular weight excluding hydrogens is 295 g/mol. The van der Waals surface area contributed by atoms with Gasteiger partial charge in [0.2, 0.25) is 0 Å². The van der Waals surface area contributed by atoms with Gasteiger partial charge >= 0.3 is 0 Å². The quantitative estimate of drug-likeness (QED) is 0.597. The molecule has 1 unspecified atom stereocenters. The van der Waals surface area contributed by atoms with Crippen molar-refractivity contribution in [2.24, 2.45) is 0 Å². The molecule has 0 aliphatic rings. The first-order chi connectivity index (χ1) is 7.99. The van der Waals surface area contributed by atoms with Crippen LogP contribution >= 0.6 is 46.1 Å². The lowest BCUT2D eigenvalue weighted by Crippen LogP contribution is -1.91. The van der Waals surface area contributed by atoms with Crippen LogP contribution in [0.3, 0.4) is 0 Å². The van der Waals surface area contributed by atoms with Crippen LogP contribution < -0.4 is 0 Å². The number of rotatable bonds is 2. The molecule has 1 heterocycles. The fraction of sp³-hybridized carbons (Fsp3) is 0.231. The maximum Gasteiger partial charge on any atom is 0.0942 e. The van der Waals surface area contributed by atoms with E-state index >= 15 is 0 Å². The maximum absolute atomic E-state index is 6.46. The van der Waals surface area contributed by atoms with E-state index in [0.717, 1.165) is 10.4 Å². The zero-order chi connectivity index (χ0) is 12.6. The van der Waals surface area contributed by atoms with Crippen LogP contribution in [0, 0.1) is 13.8 Å². The van der Waals surface area contributed by atoms with Crippen molar-refractivity contribution in [2.45, 2.75) is 19.2 Å². The van der Waals surface area contributed by atoms with Crippen LogP contribution in [0.5, 0.6) is 0 Å². The lowest BCUT2D eigenvalue weighted by Gasteiger charge is -2.10. The highest BCUT2D eigenvalue weighted by molar-refractivity contribution is 7.12. The summed E-state index contributed by atoms with van der Waals surface area (Å²) < 4.78 is 0. The molecule has 0 fully saturated rings. The van der Waals surface area contributed by atoms with E-state index in [2.05, 4.69) is 19.9 Å². The van der Waals surface area contributed by atoms with Crippen LogP contribution in [0.25, 0.3) is 0 Å². The average Bonchev–Trinajstić information content (AvgIpc) is 2.58. The fourth-order valence-electron chi connectivity index (χ4n) is 1.59. The third-order valence-corrected chi connectivity index (χ3v) is 5.05. The van der Waals surface area contributed by atoms with Crippen molar-refractivity contribution in [3.05, 3.63) is 55.2 Å². The number of alkyl halides is 1. The predicted molar refractivity (Wildman–Crippen MR) is 78.0 cm³/mol. The molecule has 1 aromatic carbocycles. The zero-order valence-corrected chi connectivity index (χ0v) is 12.5. The van der Waals surface area contributed by atoms with Crippen LogP contribution in [0.15, 0.2) is 24.3 Å². The van der Waals surface area contributed by atoms with Gasteiger partial charge < -0.3 is 0 Å². The molecule has 17 heavy (non-hydrogen) atoms. The SMILES string of the molecule is Cc1cc(C(Cl)c2ccc(Cl)cc2Cl)sc1C. The van der Waals surface area contributed by atoms with Gasteiger partial charge in [-0.15, -0.1) is 22.9 Å². The number of thiophene rings is 1. The van der Waals surface area contributed by atoms with Gasteiger partial charge in [-0.25, -0.2) is 0 Å². The highest BCUT2D eigenvalue weighted by Crippen LogP contribution is 2.38. The number of halogens is 3. The van der Waals surface area contributed by atoms with Crippen molar-refractivity contribution in [1.29, 1.82) is 0 Å². The number of hydrogen-bond acceptors (Lipinski definition) is 1. The summed E-state index contributed by atoms with van der Waals surface area (Å²) in [4.78, 5) is 2.40. The summed E-state index contributed by atoms with van der Waals surface area (Å²) >= 11 is 20.2. The molecule has 0 aliphatic carbocycles. The Labute approximate surface area is 120 Å². The van der Waals surface area contributed by atoms with E-state index < -0.39 is 0 Å². The molecular formula is C13H11Cl3S. The van der Waals surface area contributed by atoms with Crippen molar-refractivity contribution < 1.29 is 0 Å². The van der Waals surface area contributed by atoms with Gasteiger partial charge in [0.05, 0.1) is 5.38 Å². The highest BCUT2D eigenvalue weighted by Gasteiger charge is 2.17. The zero-order valence-electron chi connectivity index (χ0n) is 9.43. The third kappa shape index (κ3) is 2.79. The number of hydrogen-bond donors (Lipinski definition) is 0. The standard InChI is InChI=1S/C13H11Cl3S/c1-7-5-12(17-8(7)2)13(16)10-4-3-9(14)6-11(10)15/h3-6,13H,1-2H3. The minimum absolute atomic E-state index is 0.211. The Hall–Kier alpha value is -0.210. The minimum Gasteiger partial charge on any atom is -0.143 e. The van der Waals surface area contributed by atoms with E-state index in [1.807, 2.05) is 12.1 Å². The summed E-state index contributed by atoms with van der Waals surface area (Å²) in [5.74, 6) is 0. The van der Waals surface area contributed by atoms with E-state index in [4.69, 9.17) is 34.8 Å². The maximum atomic E-state index is 6.46. The summed E-state index contributed by atoms with van der Waals surface area (Å²) in [6.45, 7) is 4.18. The molecule has 0 saturated carbocycles. The van der Waals surface area contributed by atoms with Gasteiger partial charge in [0, 0.05) is 19.8 Å². The third-order valence-electron chi connectivity index (χ3n) is 2.67. The van der Waals surface area contributed by atoms with Crippen molar-refractivity contribution >= 4 is 46.1 Å². The Bertz CT molecular complexity index is 526. The van der Waals surface area contributed by atoms with Gasteiger partial charge in [0.15, 0.2) is 0 Å². The minimum atomic E-state index is -0.211. The van der Waals surface area contributed by atoms with E-state index in [9.17, 15) is 0 Å². The van der Waals surface area contributed by atoms with Crippen LogP contribution in [-0.4, -0.2) is 0 Å². The normalized spacial score (nSPS) is 12.8. The predicted octanol–water partition coefficient (Wildman–Crippen LogP) is 6.00. The molecule has 0 saturated heterocycles. The molecule has 4 heteroatoms. The summed E-state index contributed by atoms with van der Waals surface area (Å²) in [5, 5.41) is 1.03. The summed E-state index contributed by atoms with van der Waals surface area (Å²) in [6.07, 6.45) is 0. The molecule has 0 spiro atoms. The first kappa shape index (κ1) is 13.2. The monoisotopic (exact) mass is 304 g/mol. The van der Waals surface area contributed by atoms with Gasteiger partial charge in [0.1, 0.15) is 0 Å². The van der Waals surface area contributed by atoms with Crippen LogP contribution in [-0.2, 0) is 0 Å². The van der Waals surface area contributed by atoms with Gasteiger partial charge in [-0.3, -0.25) is 0 Å². The van der Waals surface area contributed by atoms with Gasteiger partial charge in [-0.2, -0.15) is 0 Å². The molecule has 0 amide bonds. The molecule has 2 rings (SSSR count). The molecule has 90 valence electrons. The first-order valence-corrected chi connectivity index (χ1v) is 7.16. The molecule has 0 radical (unpaired) electrons. The smallest absolute Gasteiger partial charge is 0.0942 e. The van der Waals surface area contributed by atoms with Crippen molar-refractivity contribution in [1.82, 2.24) is 0 Å². The summed E-state index contributed by atoms with van der Waals surface area (Å²) in [7, 11) is 0. The van der Waals surface area contributed by atoms with Crippen LogP contribution in [0.4, 0.5) is 0 Å². The van der Waals surface area contributed by atoms with Gasteiger partial charge in [-0.05, 0) is 43.2 Å². The molecule has 0 bridgehead atoms. The second-order valence-electron chi connectivity index (χ2n) is 3.92. The Morgan fingerprint density at radius 3 is 2.35 bits per heavy atom. The first-order valence-electron chi connectivity index (χ1n) is 5.15. The fourth-order valence-corrected chi connectivity index (χ4v) is 3.59. The molecule has 2 aromatic rings. The Kier molecular flexibility index (Phi) is 4.04. The largest absolute Gasteiger partial charge is 0.143 e. The van der Waals surface area contributed by atoms with E-state index in [1.165, 1.54) is 10.4 Å². The Balaban J connectivity index is 2.39. The highest BCUT2D eigenvalue weighted by atomic mass is 35.5. The summed E-state index contributed by atoms with van der Waals surface area (Å²) in [5.41, 5.74) is 2.17. The molecule has 0 N–H and O–H groups in total. The van der Waals surface area contributed by atoms with E-state index in [1.54, 1.807) is 17.4 Å². The Morgan fingerprint density at radius 1 is 1.12 bits per heavy atom. The summed E-state index contributed by atoms with van der Waals surface area (Å²) in [6, 6.07) is 7.53. The lowest BCUT2D eigenvalue weighted by atomic mass is 10.1. The van der Waals surface area contributed by atoms with Gasteiger partial charge in [0.25, 0.3) is 0 Å². The number of aryl methyl sites for hydroxylation is 2. The van der Waals surface area contributed by atoms with Crippen molar-refractivity contribution in [2.75, 3.05) is 0 Å². The second kappa shape index (κ2) is 5.19. The average molecular weight is 306 g/mol. The molecule has 0 aliphatic heterocycles. The van der Waals surface area contributed by atoms with Crippen molar-refractivity contribution in [3.63, 3.8) is 0 Å². The molecule has 0 nitrogen and oxygen atoms in total. The Morgan fingerprint density at radius 2 is 1.82 bits per heavy atom. The van der Waals surface area contributed by atoms with E-state index in [0.29, 0.717) is 10.0 Å². The van der Waals surface area contributed by atoms with Crippen molar-refractivity contribution in [3.8, 4) is 0 Å². The topological polar surface area (TPSA) is 0 Å². The van der Waals surface area contributed by atoms with E-state index in [-0.39, 0.29) is 5.38 Å². The molecule has 1 aromatic heterocycles. The second-order valence-corrected chi connectivity index (χ2v) is 6.48. The molecule has 1 atom stereocenters. The van der Waals surface area contributed by atoms with Crippen LogP contribution in [0.1, 0.15) is 26.3 Å². The van der Waals surface area contributed by atoms with Gasteiger partial charge in [-0.1, -0.05) is 29.3 Å². The lowest BCUT2D eigenvalue weighted by molar-refractivity contribution is 1.18. The number of benzene rings is 1. The van der Waals surface area contributed by atoms with Crippen LogP contribution in [0.2, 0.25) is 10.0 Å².